The number of carbonyl (C=O) groups is 1. The third-order valence-corrected chi connectivity index (χ3v) is 11.2. The molecule has 1 aliphatic heterocycles. The van der Waals surface area contributed by atoms with E-state index in [0.717, 1.165) is 57.8 Å². The highest BCUT2D eigenvalue weighted by molar-refractivity contribution is 5.80. The van der Waals surface area contributed by atoms with Crippen molar-refractivity contribution in [2.24, 2.45) is 0 Å². The maximum atomic E-state index is 13.0. The van der Waals surface area contributed by atoms with Crippen LogP contribution >= 0.6 is 0 Å². The number of carbonyl (C=O) groups excluding carboxylic acids is 1. The molecular formula is C47H87NO10. The molecule has 0 aromatic heterocycles. The van der Waals surface area contributed by atoms with Gasteiger partial charge in [0.2, 0.25) is 5.91 Å². The number of allylic oxidation sites excluding steroid dienone is 6. The summed E-state index contributed by atoms with van der Waals surface area (Å²) in [6.07, 6.45) is 31.0. The van der Waals surface area contributed by atoms with Crippen LogP contribution in [0.4, 0.5) is 0 Å². The SMILES string of the molecule is CCCC/C=C/CCCC(O)C(O)C(COC1OC(CO)C(O)C(O)C1O)NC(=O)C(O)CCCCCCCCCC/C=C\C/C=C\CCCCCCCCCCC. The van der Waals surface area contributed by atoms with Crippen molar-refractivity contribution in [3.05, 3.63) is 36.5 Å². The van der Waals surface area contributed by atoms with E-state index in [9.17, 15) is 40.5 Å². The number of hydrogen-bond acceptors (Lipinski definition) is 10. The van der Waals surface area contributed by atoms with Gasteiger partial charge in [0.1, 0.15) is 36.6 Å². The Morgan fingerprint density at radius 3 is 1.64 bits per heavy atom. The van der Waals surface area contributed by atoms with Gasteiger partial charge in [0.15, 0.2) is 6.29 Å². The Morgan fingerprint density at radius 1 is 0.603 bits per heavy atom. The lowest BCUT2D eigenvalue weighted by Crippen LogP contribution is -2.60. The highest BCUT2D eigenvalue weighted by Crippen LogP contribution is 2.23. The number of aliphatic hydroxyl groups excluding tert-OH is 7. The molecule has 1 saturated heterocycles. The maximum absolute atomic E-state index is 13.0. The summed E-state index contributed by atoms with van der Waals surface area (Å²) in [7, 11) is 0. The first-order valence-corrected chi connectivity index (χ1v) is 23.4. The number of hydrogen-bond donors (Lipinski definition) is 8. The minimum absolute atomic E-state index is 0.246. The number of aliphatic hydroxyl groups is 7. The van der Waals surface area contributed by atoms with Gasteiger partial charge in [0, 0.05) is 0 Å². The highest BCUT2D eigenvalue weighted by Gasteiger charge is 2.44. The van der Waals surface area contributed by atoms with Gasteiger partial charge in [0.05, 0.1) is 25.4 Å². The van der Waals surface area contributed by atoms with E-state index < -0.39 is 74.2 Å². The predicted octanol–water partition coefficient (Wildman–Crippen LogP) is 7.61. The molecule has 0 bridgehead atoms. The van der Waals surface area contributed by atoms with Crippen molar-refractivity contribution in [3.63, 3.8) is 0 Å². The first-order chi connectivity index (χ1) is 28.2. The van der Waals surface area contributed by atoms with Crippen molar-refractivity contribution in [2.75, 3.05) is 13.2 Å². The van der Waals surface area contributed by atoms with E-state index in [4.69, 9.17) is 9.47 Å². The second kappa shape index (κ2) is 37.1. The fourth-order valence-corrected chi connectivity index (χ4v) is 7.22. The molecular weight excluding hydrogens is 739 g/mol. The van der Waals surface area contributed by atoms with Gasteiger partial charge in [-0.2, -0.15) is 0 Å². The van der Waals surface area contributed by atoms with Crippen molar-refractivity contribution in [1.29, 1.82) is 0 Å². The Bertz CT molecular complexity index is 1040. The minimum atomic E-state index is -1.67. The summed E-state index contributed by atoms with van der Waals surface area (Å²) < 4.78 is 11.0. The number of amides is 1. The highest BCUT2D eigenvalue weighted by atomic mass is 16.7. The largest absolute Gasteiger partial charge is 0.394 e. The summed E-state index contributed by atoms with van der Waals surface area (Å²) in [5.41, 5.74) is 0. The van der Waals surface area contributed by atoms with E-state index in [1.54, 1.807) is 0 Å². The first kappa shape index (κ1) is 54.3. The monoisotopic (exact) mass is 826 g/mol. The molecule has 0 aromatic rings. The molecule has 0 spiro atoms. The molecule has 1 rings (SSSR count). The Morgan fingerprint density at radius 2 is 1.09 bits per heavy atom. The van der Waals surface area contributed by atoms with Crippen LogP contribution in [0.5, 0.6) is 0 Å². The number of rotatable bonds is 38. The molecule has 11 nitrogen and oxygen atoms in total. The Labute approximate surface area is 352 Å². The molecule has 8 N–H and O–H groups in total. The average molecular weight is 826 g/mol. The molecule has 11 heteroatoms. The number of nitrogens with one attached hydrogen (secondary N) is 1. The van der Waals surface area contributed by atoms with Crippen LogP contribution in [0, 0.1) is 0 Å². The van der Waals surface area contributed by atoms with Gasteiger partial charge in [0.25, 0.3) is 0 Å². The van der Waals surface area contributed by atoms with Gasteiger partial charge in [-0.15, -0.1) is 0 Å². The van der Waals surface area contributed by atoms with Gasteiger partial charge in [-0.3, -0.25) is 4.79 Å². The quantitative estimate of drug-likeness (QED) is 0.0227. The van der Waals surface area contributed by atoms with E-state index >= 15 is 0 Å². The molecule has 0 aliphatic carbocycles. The van der Waals surface area contributed by atoms with Crippen LogP contribution in [0.25, 0.3) is 0 Å². The maximum Gasteiger partial charge on any atom is 0.249 e. The Balaban J connectivity index is 2.32. The van der Waals surface area contributed by atoms with E-state index in [-0.39, 0.29) is 12.8 Å². The molecule has 1 amide bonds. The number of unbranched alkanes of at least 4 members (excludes halogenated alkanes) is 20. The molecule has 58 heavy (non-hydrogen) atoms. The van der Waals surface area contributed by atoms with Crippen LogP contribution in [0.2, 0.25) is 0 Å². The second-order valence-electron chi connectivity index (χ2n) is 16.5. The summed E-state index contributed by atoms with van der Waals surface area (Å²) in [6.45, 7) is 3.32. The molecule has 9 unspecified atom stereocenters. The van der Waals surface area contributed by atoms with Crippen molar-refractivity contribution < 1.29 is 50.0 Å². The fraction of sp³-hybridized carbons (Fsp3) is 0.851. The van der Waals surface area contributed by atoms with Crippen LogP contribution in [0.1, 0.15) is 187 Å². The summed E-state index contributed by atoms with van der Waals surface area (Å²) in [5, 5.41) is 75.2. The summed E-state index contributed by atoms with van der Waals surface area (Å²) in [5.74, 6) is -0.716. The van der Waals surface area contributed by atoms with E-state index in [2.05, 4.69) is 49.5 Å². The van der Waals surface area contributed by atoms with E-state index in [1.807, 2.05) is 6.08 Å². The van der Waals surface area contributed by atoms with Gasteiger partial charge in [-0.1, -0.05) is 159 Å². The molecule has 1 aliphatic rings. The van der Waals surface area contributed by atoms with Gasteiger partial charge in [-0.25, -0.2) is 0 Å². The van der Waals surface area contributed by atoms with E-state index in [0.29, 0.717) is 12.8 Å². The van der Waals surface area contributed by atoms with Crippen molar-refractivity contribution in [1.82, 2.24) is 5.32 Å². The van der Waals surface area contributed by atoms with Crippen LogP contribution in [0.3, 0.4) is 0 Å². The molecule has 9 atom stereocenters. The summed E-state index contributed by atoms with van der Waals surface area (Å²) in [4.78, 5) is 13.0. The van der Waals surface area contributed by atoms with Crippen LogP contribution in [0.15, 0.2) is 36.5 Å². The topological polar surface area (TPSA) is 189 Å². The smallest absolute Gasteiger partial charge is 0.249 e. The Kier molecular flexibility index (Phi) is 34.8. The first-order valence-electron chi connectivity index (χ1n) is 23.4. The van der Waals surface area contributed by atoms with Gasteiger partial charge in [-0.05, 0) is 64.2 Å². The lowest BCUT2D eigenvalue weighted by atomic mass is 9.98. The van der Waals surface area contributed by atoms with E-state index in [1.165, 1.54) is 89.9 Å². The average Bonchev–Trinajstić information content (AvgIpc) is 3.22. The molecule has 1 fully saturated rings. The third kappa shape index (κ3) is 26.5. The van der Waals surface area contributed by atoms with Crippen LogP contribution in [-0.4, -0.2) is 110 Å². The lowest BCUT2D eigenvalue weighted by Gasteiger charge is -2.40. The van der Waals surface area contributed by atoms with Gasteiger partial charge >= 0.3 is 0 Å². The Hall–Kier alpha value is -1.67. The zero-order valence-electron chi connectivity index (χ0n) is 36.5. The van der Waals surface area contributed by atoms with Crippen molar-refractivity contribution in [2.45, 2.75) is 242 Å². The van der Waals surface area contributed by atoms with Crippen molar-refractivity contribution in [3.8, 4) is 0 Å². The normalized spacial score (nSPS) is 22.3. The van der Waals surface area contributed by atoms with Gasteiger partial charge < -0.3 is 50.5 Å². The molecule has 0 radical (unpaired) electrons. The second-order valence-corrected chi connectivity index (χ2v) is 16.5. The third-order valence-electron chi connectivity index (χ3n) is 11.2. The predicted molar refractivity (Wildman–Crippen MR) is 233 cm³/mol. The minimum Gasteiger partial charge on any atom is -0.394 e. The fourth-order valence-electron chi connectivity index (χ4n) is 7.22. The number of ether oxygens (including phenoxy) is 2. The zero-order chi connectivity index (χ0) is 42.6. The molecule has 0 aromatic carbocycles. The molecule has 1 heterocycles. The van der Waals surface area contributed by atoms with Crippen LogP contribution < -0.4 is 5.32 Å². The van der Waals surface area contributed by atoms with Crippen LogP contribution in [-0.2, 0) is 14.3 Å². The molecule has 340 valence electrons. The summed E-state index contributed by atoms with van der Waals surface area (Å²) >= 11 is 0. The standard InChI is InChI=1S/C47H87NO10/c1-3-5-7-9-11-12-13-14-15-16-17-18-19-20-21-22-23-24-25-26-27-29-31-33-35-40(51)46(56)48-38(42(52)39(50)34-32-30-28-10-8-6-4-2)37-57-47-45(55)44(54)43(53)41(36-49)58-47/h10,17-18,20-21,28,38-45,47,49-55H,3-9,11-16,19,22-27,29-37H2,1-2H3,(H,48,56)/b18-17-,21-20-,28-10+. The summed E-state index contributed by atoms with van der Waals surface area (Å²) in [6, 6.07) is -1.18. The molecule has 0 saturated carbocycles. The zero-order valence-corrected chi connectivity index (χ0v) is 36.5. The lowest BCUT2D eigenvalue weighted by molar-refractivity contribution is -0.303. The van der Waals surface area contributed by atoms with Crippen molar-refractivity contribution >= 4 is 5.91 Å².